The van der Waals surface area contributed by atoms with Gasteiger partial charge in [-0.1, -0.05) is 36.4 Å². The van der Waals surface area contributed by atoms with Crippen LogP contribution in [0.5, 0.6) is 0 Å². The van der Waals surface area contributed by atoms with Crippen molar-refractivity contribution < 1.29 is 4.79 Å². The highest BCUT2D eigenvalue weighted by atomic mass is 16.2. The van der Waals surface area contributed by atoms with Crippen LogP contribution in [0.4, 0.5) is 5.69 Å². The summed E-state index contributed by atoms with van der Waals surface area (Å²) in [5.74, 6) is 0.196. The predicted octanol–water partition coefficient (Wildman–Crippen LogP) is 4.01. The topological polar surface area (TPSA) is 25.2 Å². The molecule has 3 heteroatoms. The highest BCUT2D eigenvalue weighted by molar-refractivity contribution is 5.99. The fourth-order valence-electron chi connectivity index (χ4n) is 3.86. The van der Waals surface area contributed by atoms with E-state index in [1.54, 1.807) is 0 Å². The van der Waals surface area contributed by atoms with Gasteiger partial charge in [-0.3, -0.25) is 4.79 Å². The van der Waals surface area contributed by atoms with E-state index in [2.05, 4.69) is 48.9 Å². The Kier molecular flexibility index (Phi) is 3.64. The van der Waals surface area contributed by atoms with Crippen LogP contribution in [-0.4, -0.2) is 17.0 Å². The molecule has 3 aromatic rings. The third-order valence-electron chi connectivity index (χ3n) is 5.27. The number of rotatable bonds is 2. The number of para-hydroxylation sites is 2. The molecular weight excluding hydrogens is 296 g/mol. The lowest BCUT2D eigenvalue weighted by Gasteiger charge is -2.29. The molecular formula is C21H22N2O. The number of aryl methyl sites for hydroxylation is 2. The molecule has 0 fully saturated rings. The SMILES string of the molecule is Cc1c(CC(=O)N2CCCc3ccccc32)c2ccccc2n1C. The maximum absolute atomic E-state index is 13.1. The van der Waals surface area contributed by atoms with Gasteiger partial charge in [-0.25, -0.2) is 0 Å². The number of anilines is 1. The van der Waals surface area contributed by atoms with Gasteiger partial charge in [0, 0.05) is 35.9 Å². The summed E-state index contributed by atoms with van der Waals surface area (Å²) < 4.78 is 2.18. The van der Waals surface area contributed by atoms with E-state index in [4.69, 9.17) is 0 Å². The maximum Gasteiger partial charge on any atom is 0.231 e. The maximum atomic E-state index is 13.1. The lowest BCUT2D eigenvalue weighted by atomic mass is 10.0. The third kappa shape index (κ3) is 2.32. The summed E-state index contributed by atoms with van der Waals surface area (Å²) in [6, 6.07) is 16.6. The van der Waals surface area contributed by atoms with Gasteiger partial charge in [0.05, 0.1) is 6.42 Å². The van der Waals surface area contributed by atoms with Crippen LogP contribution < -0.4 is 4.90 Å². The van der Waals surface area contributed by atoms with Crippen LogP contribution in [0.15, 0.2) is 48.5 Å². The van der Waals surface area contributed by atoms with Crippen molar-refractivity contribution >= 4 is 22.5 Å². The molecule has 0 radical (unpaired) electrons. The van der Waals surface area contributed by atoms with Gasteiger partial charge in [0.15, 0.2) is 0 Å². The van der Waals surface area contributed by atoms with Crippen molar-refractivity contribution in [1.82, 2.24) is 4.57 Å². The summed E-state index contributed by atoms with van der Waals surface area (Å²) in [7, 11) is 2.07. The molecule has 0 N–H and O–H groups in total. The second-order valence-corrected chi connectivity index (χ2v) is 6.59. The number of nitrogens with zero attached hydrogens (tertiary/aromatic N) is 2. The van der Waals surface area contributed by atoms with Crippen molar-refractivity contribution in [3.63, 3.8) is 0 Å². The fourth-order valence-corrected chi connectivity index (χ4v) is 3.86. The molecule has 1 aromatic heterocycles. The molecule has 1 aliphatic heterocycles. The quantitative estimate of drug-likeness (QED) is 0.701. The number of benzene rings is 2. The van der Waals surface area contributed by atoms with Crippen molar-refractivity contribution in [3.8, 4) is 0 Å². The van der Waals surface area contributed by atoms with Gasteiger partial charge < -0.3 is 9.47 Å². The van der Waals surface area contributed by atoms with Gasteiger partial charge in [-0.15, -0.1) is 0 Å². The van der Waals surface area contributed by atoms with Gasteiger partial charge in [0.25, 0.3) is 0 Å². The van der Waals surface area contributed by atoms with Crippen molar-refractivity contribution in [3.05, 3.63) is 65.4 Å². The Bertz CT molecular complexity index is 923. The van der Waals surface area contributed by atoms with E-state index in [9.17, 15) is 4.79 Å². The highest BCUT2D eigenvalue weighted by Gasteiger charge is 2.24. The number of amides is 1. The van der Waals surface area contributed by atoms with E-state index in [0.29, 0.717) is 6.42 Å². The van der Waals surface area contributed by atoms with Crippen LogP contribution in [0, 0.1) is 6.92 Å². The molecule has 2 heterocycles. The normalized spacial score (nSPS) is 14.0. The standard InChI is InChI=1S/C21H22N2O/c1-15-18(17-10-4-6-12-20(17)22(15)2)14-21(24)23-13-7-9-16-8-3-5-11-19(16)23/h3-6,8,10-12H,7,9,13-14H2,1-2H3. The minimum Gasteiger partial charge on any atom is -0.348 e. The zero-order valence-electron chi connectivity index (χ0n) is 14.2. The van der Waals surface area contributed by atoms with Crippen LogP contribution >= 0.6 is 0 Å². The van der Waals surface area contributed by atoms with Crippen molar-refractivity contribution in [1.29, 1.82) is 0 Å². The number of aromatic nitrogens is 1. The largest absolute Gasteiger partial charge is 0.348 e. The molecule has 4 rings (SSSR count). The average molecular weight is 318 g/mol. The molecule has 1 aliphatic rings. The molecule has 0 atom stereocenters. The average Bonchev–Trinajstić information content (AvgIpc) is 2.86. The van der Waals surface area contributed by atoms with Crippen molar-refractivity contribution in [2.45, 2.75) is 26.2 Å². The summed E-state index contributed by atoms with van der Waals surface area (Å²) >= 11 is 0. The Morgan fingerprint density at radius 2 is 1.83 bits per heavy atom. The van der Waals surface area contributed by atoms with E-state index in [1.807, 2.05) is 23.1 Å². The second-order valence-electron chi connectivity index (χ2n) is 6.59. The molecule has 0 saturated carbocycles. The molecule has 0 spiro atoms. The van der Waals surface area contributed by atoms with Crippen LogP contribution in [0.3, 0.4) is 0 Å². The van der Waals surface area contributed by atoms with Gasteiger partial charge in [0.1, 0.15) is 0 Å². The monoisotopic (exact) mass is 318 g/mol. The van der Waals surface area contributed by atoms with E-state index < -0.39 is 0 Å². The number of hydrogen-bond acceptors (Lipinski definition) is 1. The van der Waals surface area contributed by atoms with Crippen molar-refractivity contribution in [2.24, 2.45) is 7.05 Å². The number of fused-ring (bicyclic) bond motifs is 2. The second kappa shape index (κ2) is 5.82. The molecule has 122 valence electrons. The van der Waals surface area contributed by atoms with Crippen LogP contribution in [0.25, 0.3) is 10.9 Å². The Morgan fingerprint density at radius 3 is 2.71 bits per heavy atom. The van der Waals surface area contributed by atoms with E-state index in [0.717, 1.165) is 30.6 Å². The van der Waals surface area contributed by atoms with E-state index >= 15 is 0 Å². The molecule has 24 heavy (non-hydrogen) atoms. The third-order valence-corrected chi connectivity index (χ3v) is 5.27. The first-order valence-corrected chi connectivity index (χ1v) is 8.58. The highest BCUT2D eigenvalue weighted by Crippen LogP contribution is 2.29. The summed E-state index contributed by atoms with van der Waals surface area (Å²) in [6.07, 6.45) is 2.56. The van der Waals surface area contributed by atoms with Gasteiger partial charge in [0.2, 0.25) is 5.91 Å². The number of carbonyl (C=O) groups is 1. The van der Waals surface area contributed by atoms with Crippen molar-refractivity contribution in [2.75, 3.05) is 11.4 Å². The van der Waals surface area contributed by atoms with Crippen LogP contribution in [-0.2, 0) is 24.7 Å². The first-order chi connectivity index (χ1) is 11.7. The zero-order valence-corrected chi connectivity index (χ0v) is 14.2. The Labute approximate surface area is 142 Å². The Morgan fingerprint density at radius 1 is 1.08 bits per heavy atom. The molecule has 2 aromatic carbocycles. The molecule has 1 amide bonds. The Balaban J connectivity index is 1.70. The van der Waals surface area contributed by atoms with E-state index in [-0.39, 0.29) is 5.91 Å². The van der Waals surface area contributed by atoms with Gasteiger partial charge >= 0.3 is 0 Å². The van der Waals surface area contributed by atoms with Crippen LogP contribution in [0.1, 0.15) is 23.2 Å². The first kappa shape index (κ1) is 15.0. The summed E-state index contributed by atoms with van der Waals surface area (Å²) in [6.45, 7) is 2.92. The first-order valence-electron chi connectivity index (χ1n) is 8.58. The summed E-state index contributed by atoms with van der Waals surface area (Å²) in [5, 5.41) is 1.19. The number of hydrogen-bond donors (Lipinski definition) is 0. The molecule has 0 saturated heterocycles. The smallest absolute Gasteiger partial charge is 0.231 e. The molecule has 0 unspecified atom stereocenters. The summed E-state index contributed by atoms with van der Waals surface area (Å²) in [5.41, 5.74) is 5.89. The minimum absolute atomic E-state index is 0.196. The molecule has 3 nitrogen and oxygen atoms in total. The lowest BCUT2D eigenvalue weighted by molar-refractivity contribution is -0.118. The lowest BCUT2D eigenvalue weighted by Crippen LogP contribution is -2.36. The zero-order chi connectivity index (χ0) is 16.7. The summed E-state index contributed by atoms with van der Waals surface area (Å²) in [4.78, 5) is 15.0. The predicted molar refractivity (Wildman–Crippen MR) is 98.5 cm³/mol. The van der Waals surface area contributed by atoms with E-state index in [1.165, 1.54) is 22.2 Å². The van der Waals surface area contributed by atoms with Gasteiger partial charge in [-0.2, -0.15) is 0 Å². The Hall–Kier alpha value is -2.55. The molecule has 0 bridgehead atoms. The number of carbonyl (C=O) groups excluding carboxylic acids is 1. The minimum atomic E-state index is 0.196. The fraction of sp³-hybridized carbons (Fsp3) is 0.286. The molecule has 0 aliphatic carbocycles. The van der Waals surface area contributed by atoms with Gasteiger partial charge in [-0.05, 0) is 43.0 Å². The van der Waals surface area contributed by atoms with Crippen LogP contribution in [0.2, 0.25) is 0 Å².